The fourth-order valence-electron chi connectivity index (χ4n) is 2.13. The van der Waals surface area contributed by atoms with Crippen LogP contribution in [0, 0.1) is 5.92 Å². The van der Waals surface area contributed by atoms with E-state index >= 15 is 0 Å². The molecule has 0 radical (unpaired) electrons. The molecule has 1 saturated heterocycles. The molecule has 0 aromatic heterocycles. The Morgan fingerprint density at radius 1 is 1.22 bits per heavy atom. The van der Waals surface area contributed by atoms with E-state index in [2.05, 4.69) is 16.0 Å². The third-order valence-electron chi connectivity index (χ3n) is 3.06. The van der Waals surface area contributed by atoms with E-state index in [0.29, 0.717) is 25.3 Å². The molecule has 0 unspecified atom stereocenters. The van der Waals surface area contributed by atoms with Crippen LogP contribution in [0.2, 0.25) is 0 Å². The van der Waals surface area contributed by atoms with Crippen LogP contribution in [-0.4, -0.2) is 37.5 Å². The van der Waals surface area contributed by atoms with Crippen LogP contribution in [0.5, 0.6) is 0 Å². The zero-order chi connectivity index (χ0) is 13.4. The molecule has 18 heavy (non-hydrogen) atoms. The molecule has 0 saturated carbocycles. The fraction of sp³-hybridized carbons (Fsp3) is 0.846. The van der Waals surface area contributed by atoms with Crippen LogP contribution in [-0.2, 0) is 9.59 Å². The van der Waals surface area contributed by atoms with Crippen molar-refractivity contribution in [3.8, 4) is 0 Å². The molecule has 104 valence electrons. The third kappa shape index (κ3) is 6.59. The maximum absolute atomic E-state index is 11.7. The van der Waals surface area contributed by atoms with Gasteiger partial charge in [-0.3, -0.25) is 9.59 Å². The summed E-state index contributed by atoms with van der Waals surface area (Å²) >= 11 is 0. The van der Waals surface area contributed by atoms with Crippen molar-refractivity contribution < 1.29 is 9.59 Å². The lowest BCUT2D eigenvalue weighted by Crippen LogP contribution is -2.35. The summed E-state index contributed by atoms with van der Waals surface area (Å²) in [4.78, 5) is 23.0. The molecule has 0 aromatic rings. The summed E-state index contributed by atoms with van der Waals surface area (Å²) in [6.45, 7) is 6.30. The first-order valence-electron chi connectivity index (χ1n) is 6.84. The van der Waals surface area contributed by atoms with Crippen molar-refractivity contribution in [2.24, 2.45) is 5.92 Å². The minimum Gasteiger partial charge on any atom is -0.356 e. The maximum Gasteiger partial charge on any atom is 0.221 e. The molecule has 1 heterocycles. The highest BCUT2D eigenvalue weighted by Gasteiger charge is 2.16. The lowest BCUT2D eigenvalue weighted by atomic mass is 9.94. The van der Waals surface area contributed by atoms with Gasteiger partial charge in [0.15, 0.2) is 0 Å². The monoisotopic (exact) mass is 255 g/mol. The molecule has 5 heteroatoms. The molecule has 1 fully saturated rings. The van der Waals surface area contributed by atoms with Crippen LogP contribution in [0.1, 0.15) is 39.5 Å². The molecule has 1 aliphatic heterocycles. The van der Waals surface area contributed by atoms with Gasteiger partial charge in [-0.05, 0) is 45.7 Å². The second-order valence-corrected chi connectivity index (χ2v) is 5.22. The summed E-state index contributed by atoms with van der Waals surface area (Å²) in [6.07, 6.45) is 3.09. The van der Waals surface area contributed by atoms with E-state index < -0.39 is 0 Å². The van der Waals surface area contributed by atoms with Crippen molar-refractivity contribution in [3.05, 3.63) is 0 Å². The van der Waals surface area contributed by atoms with Crippen LogP contribution in [0.25, 0.3) is 0 Å². The van der Waals surface area contributed by atoms with Gasteiger partial charge in [0.1, 0.15) is 0 Å². The quantitative estimate of drug-likeness (QED) is 0.644. The number of piperidine rings is 1. The summed E-state index contributed by atoms with van der Waals surface area (Å²) in [5.74, 6) is 0.558. The minimum atomic E-state index is -0.00725. The predicted octanol–water partition coefficient (Wildman–Crippen LogP) is 0.407. The van der Waals surface area contributed by atoms with E-state index in [4.69, 9.17) is 0 Å². The summed E-state index contributed by atoms with van der Waals surface area (Å²) in [7, 11) is 0. The summed E-state index contributed by atoms with van der Waals surface area (Å²) in [5.41, 5.74) is 0. The molecule has 0 aromatic carbocycles. The average molecular weight is 255 g/mol. The Morgan fingerprint density at radius 3 is 2.50 bits per heavy atom. The number of amides is 2. The second kappa shape index (κ2) is 8.08. The second-order valence-electron chi connectivity index (χ2n) is 5.22. The van der Waals surface area contributed by atoms with E-state index in [9.17, 15) is 9.59 Å². The Kier molecular flexibility index (Phi) is 6.72. The standard InChI is InChI=1S/C13H25N3O2/c1-10(2)16-12(17)5-8-15-13(18)9-11-3-6-14-7-4-11/h10-11,14H,3-9H2,1-2H3,(H,15,18)(H,16,17). The smallest absolute Gasteiger partial charge is 0.221 e. The van der Waals surface area contributed by atoms with Gasteiger partial charge in [-0.2, -0.15) is 0 Å². The largest absolute Gasteiger partial charge is 0.356 e. The van der Waals surface area contributed by atoms with Crippen LogP contribution in [0.4, 0.5) is 0 Å². The Hall–Kier alpha value is -1.10. The summed E-state index contributed by atoms with van der Waals surface area (Å²) in [6, 6.07) is 0.156. The molecule has 0 atom stereocenters. The summed E-state index contributed by atoms with van der Waals surface area (Å²) in [5, 5.41) is 8.89. The van der Waals surface area contributed by atoms with E-state index in [0.717, 1.165) is 25.9 Å². The topological polar surface area (TPSA) is 70.2 Å². The normalized spacial score (nSPS) is 16.6. The van der Waals surface area contributed by atoms with Crippen LogP contribution < -0.4 is 16.0 Å². The van der Waals surface area contributed by atoms with Crippen molar-refractivity contribution in [2.45, 2.75) is 45.6 Å². The van der Waals surface area contributed by atoms with Gasteiger partial charge in [-0.1, -0.05) is 0 Å². The van der Waals surface area contributed by atoms with Gasteiger partial charge >= 0.3 is 0 Å². The number of carbonyl (C=O) groups excluding carboxylic acids is 2. The molecule has 3 N–H and O–H groups in total. The van der Waals surface area contributed by atoms with Gasteiger partial charge in [0.2, 0.25) is 11.8 Å². The van der Waals surface area contributed by atoms with Gasteiger partial charge in [-0.15, -0.1) is 0 Å². The van der Waals surface area contributed by atoms with E-state index in [1.165, 1.54) is 0 Å². The lowest BCUT2D eigenvalue weighted by molar-refractivity contribution is -0.123. The first kappa shape index (κ1) is 15.0. The molecular weight excluding hydrogens is 230 g/mol. The number of hydrogen-bond acceptors (Lipinski definition) is 3. The van der Waals surface area contributed by atoms with Crippen LogP contribution >= 0.6 is 0 Å². The van der Waals surface area contributed by atoms with Crippen LogP contribution in [0.15, 0.2) is 0 Å². The molecule has 1 aliphatic rings. The Bertz CT molecular complexity index is 273. The van der Waals surface area contributed by atoms with Crippen molar-refractivity contribution in [1.29, 1.82) is 0 Å². The SMILES string of the molecule is CC(C)NC(=O)CCNC(=O)CC1CCNCC1. The van der Waals surface area contributed by atoms with Gasteiger partial charge < -0.3 is 16.0 Å². The maximum atomic E-state index is 11.7. The average Bonchev–Trinajstić information content (AvgIpc) is 2.29. The molecule has 0 spiro atoms. The molecule has 1 rings (SSSR count). The molecule has 5 nitrogen and oxygen atoms in total. The number of hydrogen-bond donors (Lipinski definition) is 3. The lowest BCUT2D eigenvalue weighted by Gasteiger charge is -2.21. The fourth-order valence-corrected chi connectivity index (χ4v) is 2.13. The molecule has 0 bridgehead atoms. The zero-order valence-corrected chi connectivity index (χ0v) is 11.4. The highest BCUT2D eigenvalue weighted by molar-refractivity contribution is 5.79. The highest BCUT2D eigenvalue weighted by atomic mass is 16.2. The van der Waals surface area contributed by atoms with Gasteiger partial charge in [0, 0.05) is 25.4 Å². The van der Waals surface area contributed by atoms with Gasteiger partial charge in [0.05, 0.1) is 0 Å². The molecule has 2 amide bonds. The molecular formula is C13H25N3O2. The Balaban J connectivity index is 2.07. The first-order valence-corrected chi connectivity index (χ1v) is 6.84. The number of rotatable bonds is 6. The Morgan fingerprint density at radius 2 is 1.89 bits per heavy atom. The first-order chi connectivity index (χ1) is 8.58. The molecule has 0 aliphatic carbocycles. The van der Waals surface area contributed by atoms with Crippen LogP contribution in [0.3, 0.4) is 0 Å². The number of nitrogens with one attached hydrogen (secondary N) is 3. The van der Waals surface area contributed by atoms with Gasteiger partial charge in [0.25, 0.3) is 0 Å². The zero-order valence-electron chi connectivity index (χ0n) is 11.4. The van der Waals surface area contributed by atoms with E-state index in [1.54, 1.807) is 0 Å². The Labute approximate surface area is 109 Å². The predicted molar refractivity (Wildman–Crippen MR) is 71.1 cm³/mol. The summed E-state index contributed by atoms with van der Waals surface area (Å²) < 4.78 is 0. The third-order valence-corrected chi connectivity index (χ3v) is 3.06. The van der Waals surface area contributed by atoms with E-state index in [1.807, 2.05) is 13.8 Å². The van der Waals surface area contributed by atoms with Crippen molar-refractivity contribution in [2.75, 3.05) is 19.6 Å². The van der Waals surface area contributed by atoms with Crippen molar-refractivity contribution >= 4 is 11.8 Å². The van der Waals surface area contributed by atoms with Crippen molar-refractivity contribution in [3.63, 3.8) is 0 Å². The minimum absolute atomic E-state index is 0.00725. The van der Waals surface area contributed by atoms with E-state index in [-0.39, 0.29) is 17.9 Å². The highest BCUT2D eigenvalue weighted by Crippen LogP contribution is 2.15. The number of carbonyl (C=O) groups is 2. The van der Waals surface area contributed by atoms with Gasteiger partial charge in [-0.25, -0.2) is 0 Å². The van der Waals surface area contributed by atoms with Crippen molar-refractivity contribution in [1.82, 2.24) is 16.0 Å².